The number of hydrogen-bond donors (Lipinski definition) is 2. The number of aliphatic carboxylic acids is 1. The van der Waals surface area contributed by atoms with Crippen LogP contribution in [0, 0.1) is 0 Å². The lowest BCUT2D eigenvalue weighted by atomic mass is 9.98. The molecule has 1 aliphatic carbocycles. The Bertz CT molecular complexity index is 944. The van der Waals surface area contributed by atoms with E-state index in [-0.39, 0.29) is 25.7 Å². The Kier molecular flexibility index (Phi) is 6.92. The summed E-state index contributed by atoms with van der Waals surface area (Å²) in [4.78, 5) is 36.7. The summed E-state index contributed by atoms with van der Waals surface area (Å²) < 4.78 is 10.2. The molecule has 8 heteroatoms. The summed E-state index contributed by atoms with van der Waals surface area (Å²) in [5.74, 6) is -1.44. The van der Waals surface area contributed by atoms with Crippen molar-refractivity contribution in [2.24, 2.45) is 0 Å². The third-order valence-corrected chi connectivity index (χ3v) is 5.03. The van der Waals surface area contributed by atoms with E-state index >= 15 is 0 Å². The molecule has 1 atom stereocenters. The predicted octanol–water partition coefficient (Wildman–Crippen LogP) is 3.23. The van der Waals surface area contributed by atoms with Gasteiger partial charge in [0.2, 0.25) is 0 Å². The summed E-state index contributed by atoms with van der Waals surface area (Å²) in [6.07, 6.45) is -0.197. The molecule has 0 aromatic heterocycles. The SMILES string of the molecule is C=CCOC(=O)N(C)C[C@H](NC(=O)OCC1c2ccccc2-c2ccccc21)C(=O)O. The number of fused-ring (bicyclic) bond motifs is 3. The number of benzene rings is 2. The molecule has 2 N–H and O–H groups in total. The van der Waals surface area contributed by atoms with Crippen molar-refractivity contribution in [1.82, 2.24) is 10.2 Å². The van der Waals surface area contributed by atoms with Gasteiger partial charge in [0.25, 0.3) is 0 Å². The highest BCUT2D eigenvalue weighted by Gasteiger charge is 2.30. The highest BCUT2D eigenvalue weighted by Crippen LogP contribution is 2.44. The summed E-state index contributed by atoms with van der Waals surface area (Å²) in [5, 5.41) is 11.7. The van der Waals surface area contributed by atoms with Gasteiger partial charge in [-0.05, 0) is 22.3 Å². The van der Waals surface area contributed by atoms with Crippen molar-refractivity contribution in [3.8, 4) is 11.1 Å². The van der Waals surface area contributed by atoms with Gasteiger partial charge in [0, 0.05) is 13.0 Å². The number of amides is 2. The van der Waals surface area contributed by atoms with Crippen LogP contribution >= 0.6 is 0 Å². The minimum absolute atomic E-state index is 0.000713. The van der Waals surface area contributed by atoms with Crippen molar-refractivity contribution in [2.75, 3.05) is 26.8 Å². The highest BCUT2D eigenvalue weighted by molar-refractivity contribution is 5.81. The second-order valence-corrected chi connectivity index (χ2v) is 7.11. The first-order valence-electron chi connectivity index (χ1n) is 9.75. The van der Waals surface area contributed by atoms with Gasteiger partial charge in [-0.3, -0.25) is 0 Å². The van der Waals surface area contributed by atoms with Crippen molar-refractivity contribution >= 4 is 18.2 Å². The largest absolute Gasteiger partial charge is 0.480 e. The molecule has 0 saturated heterocycles. The number of carbonyl (C=O) groups excluding carboxylic acids is 2. The number of nitrogens with zero attached hydrogens (tertiary/aromatic N) is 1. The minimum atomic E-state index is -1.35. The van der Waals surface area contributed by atoms with E-state index in [1.807, 2.05) is 48.5 Å². The van der Waals surface area contributed by atoms with Gasteiger partial charge in [-0.1, -0.05) is 61.2 Å². The number of carboxylic acids is 1. The Labute approximate surface area is 180 Å². The van der Waals surface area contributed by atoms with Gasteiger partial charge in [-0.2, -0.15) is 0 Å². The molecule has 0 heterocycles. The Morgan fingerprint density at radius 3 is 2.23 bits per heavy atom. The maximum Gasteiger partial charge on any atom is 0.409 e. The smallest absolute Gasteiger partial charge is 0.409 e. The van der Waals surface area contributed by atoms with Crippen LogP contribution in [-0.4, -0.2) is 61.0 Å². The molecule has 8 nitrogen and oxygen atoms in total. The monoisotopic (exact) mass is 424 g/mol. The number of nitrogens with one attached hydrogen (secondary N) is 1. The Morgan fingerprint density at radius 2 is 1.68 bits per heavy atom. The first-order chi connectivity index (χ1) is 14.9. The number of carbonyl (C=O) groups is 3. The number of likely N-dealkylation sites (N-methyl/N-ethyl adjacent to an activating group) is 1. The zero-order valence-electron chi connectivity index (χ0n) is 17.1. The number of hydrogen-bond acceptors (Lipinski definition) is 5. The normalized spacial score (nSPS) is 12.8. The maximum absolute atomic E-state index is 12.3. The molecular formula is C23H24N2O6. The zero-order valence-corrected chi connectivity index (χ0v) is 17.1. The Hall–Kier alpha value is -3.81. The molecule has 0 spiro atoms. The quantitative estimate of drug-likeness (QED) is 0.631. The van der Waals surface area contributed by atoms with Crippen LogP contribution in [-0.2, 0) is 14.3 Å². The van der Waals surface area contributed by atoms with Gasteiger partial charge >= 0.3 is 18.2 Å². The van der Waals surface area contributed by atoms with Gasteiger partial charge in [-0.25, -0.2) is 14.4 Å². The molecule has 0 radical (unpaired) electrons. The van der Waals surface area contributed by atoms with Crippen LogP contribution in [0.2, 0.25) is 0 Å². The molecule has 1 aliphatic rings. The van der Waals surface area contributed by atoms with Crippen LogP contribution in [0.4, 0.5) is 9.59 Å². The molecule has 0 bridgehead atoms. The highest BCUT2D eigenvalue weighted by atomic mass is 16.6. The third kappa shape index (κ3) is 5.03. The fraction of sp³-hybridized carbons (Fsp3) is 0.261. The second kappa shape index (κ2) is 9.80. The predicted molar refractivity (Wildman–Crippen MR) is 114 cm³/mol. The molecule has 0 saturated carbocycles. The summed E-state index contributed by atoms with van der Waals surface area (Å²) in [6, 6.07) is 14.5. The summed E-state index contributed by atoms with van der Waals surface area (Å²) >= 11 is 0. The van der Waals surface area contributed by atoms with Crippen molar-refractivity contribution in [2.45, 2.75) is 12.0 Å². The van der Waals surface area contributed by atoms with Gasteiger partial charge < -0.3 is 24.8 Å². The Balaban J connectivity index is 1.62. The molecule has 0 aliphatic heterocycles. The van der Waals surface area contributed by atoms with E-state index in [0.29, 0.717) is 0 Å². The number of carboxylic acid groups (broad SMARTS) is 1. The molecule has 2 aromatic rings. The van der Waals surface area contributed by atoms with Gasteiger partial charge in [0.15, 0.2) is 0 Å². The lowest BCUT2D eigenvalue weighted by Gasteiger charge is -2.22. The first-order valence-corrected chi connectivity index (χ1v) is 9.75. The summed E-state index contributed by atoms with van der Waals surface area (Å²) in [5.41, 5.74) is 4.29. The fourth-order valence-corrected chi connectivity index (χ4v) is 3.56. The van der Waals surface area contributed by atoms with Crippen molar-refractivity contribution in [3.05, 3.63) is 72.3 Å². The van der Waals surface area contributed by atoms with Gasteiger partial charge in [-0.15, -0.1) is 0 Å². The van der Waals surface area contributed by atoms with E-state index in [2.05, 4.69) is 11.9 Å². The average molecular weight is 424 g/mol. The third-order valence-electron chi connectivity index (χ3n) is 5.03. The van der Waals surface area contributed by atoms with Crippen LogP contribution in [0.5, 0.6) is 0 Å². The zero-order chi connectivity index (χ0) is 22.4. The van der Waals surface area contributed by atoms with Gasteiger partial charge in [0.1, 0.15) is 19.3 Å². The van der Waals surface area contributed by atoms with Crippen LogP contribution in [0.15, 0.2) is 61.2 Å². The molecular weight excluding hydrogens is 400 g/mol. The lowest BCUT2D eigenvalue weighted by molar-refractivity contribution is -0.139. The summed E-state index contributed by atoms with van der Waals surface area (Å²) in [7, 11) is 1.38. The molecule has 2 aromatic carbocycles. The second-order valence-electron chi connectivity index (χ2n) is 7.11. The average Bonchev–Trinajstić information content (AvgIpc) is 3.09. The van der Waals surface area contributed by atoms with Crippen molar-refractivity contribution < 1.29 is 29.0 Å². The molecule has 3 rings (SSSR count). The molecule has 0 fully saturated rings. The number of ether oxygens (including phenoxy) is 2. The van der Waals surface area contributed by atoms with E-state index < -0.39 is 24.2 Å². The number of alkyl carbamates (subject to hydrolysis) is 1. The molecule has 31 heavy (non-hydrogen) atoms. The van der Waals surface area contributed by atoms with Crippen LogP contribution in [0.1, 0.15) is 17.0 Å². The molecule has 162 valence electrons. The van der Waals surface area contributed by atoms with E-state index in [9.17, 15) is 19.5 Å². The van der Waals surface area contributed by atoms with E-state index in [4.69, 9.17) is 9.47 Å². The van der Waals surface area contributed by atoms with Crippen molar-refractivity contribution in [1.29, 1.82) is 0 Å². The lowest BCUT2D eigenvalue weighted by Crippen LogP contribution is -2.49. The van der Waals surface area contributed by atoms with Crippen LogP contribution in [0.3, 0.4) is 0 Å². The molecule has 2 amide bonds. The maximum atomic E-state index is 12.3. The topological polar surface area (TPSA) is 105 Å². The summed E-state index contributed by atoms with van der Waals surface area (Å²) in [6.45, 7) is 3.22. The molecule has 0 unspecified atom stereocenters. The minimum Gasteiger partial charge on any atom is -0.480 e. The standard InChI is InChI=1S/C23H24N2O6/c1-3-12-30-23(29)25(2)13-20(21(26)27)24-22(28)31-14-19-17-10-6-4-8-15(17)16-9-5-7-11-18(16)19/h3-11,19-20H,1,12-14H2,2H3,(H,24,28)(H,26,27)/t20-/m0/s1. The van der Waals surface area contributed by atoms with Gasteiger partial charge in [0.05, 0.1) is 6.54 Å². The van der Waals surface area contributed by atoms with E-state index in [1.165, 1.54) is 13.1 Å². The van der Waals surface area contributed by atoms with Crippen LogP contribution in [0.25, 0.3) is 11.1 Å². The fourth-order valence-electron chi connectivity index (χ4n) is 3.56. The first kappa shape index (κ1) is 21.9. The van der Waals surface area contributed by atoms with E-state index in [1.54, 1.807) is 0 Å². The van der Waals surface area contributed by atoms with Crippen LogP contribution < -0.4 is 5.32 Å². The van der Waals surface area contributed by atoms with E-state index in [0.717, 1.165) is 27.2 Å². The Morgan fingerprint density at radius 1 is 1.10 bits per heavy atom. The van der Waals surface area contributed by atoms with Crippen molar-refractivity contribution in [3.63, 3.8) is 0 Å². The number of rotatable bonds is 8.